The Kier molecular flexibility index (Phi) is 7.78. The third-order valence-electron chi connectivity index (χ3n) is 2.06. The maximum Gasteiger partial charge on any atom is 0.391 e. The van der Waals surface area contributed by atoms with E-state index >= 15 is 0 Å². The second-order valence-electron chi connectivity index (χ2n) is 3.37. The summed E-state index contributed by atoms with van der Waals surface area (Å²) in [5, 5.41) is 0. The molecule has 0 aliphatic carbocycles. The molecule has 0 heterocycles. The highest BCUT2D eigenvalue weighted by molar-refractivity contribution is 4.63. The molecule has 0 N–H and O–H groups in total. The van der Waals surface area contributed by atoms with Crippen LogP contribution < -0.4 is 0 Å². The molecule has 0 aromatic carbocycles. The summed E-state index contributed by atoms with van der Waals surface area (Å²) >= 11 is 0. The molecule has 0 radical (unpaired) electrons. The van der Waals surface area contributed by atoms with Crippen molar-refractivity contribution >= 4 is 0 Å². The van der Waals surface area contributed by atoms with Gasteiger partial charge in [-0.2, -0.15) is 13.2 Å². The molecular weight excluding hydrogens is 209 g/mol. The Labute approximate surface area is 88.7 Å². The summed E-state index contributed by atoms with van der Waals surface area (Å²) in [6.45, 7) is 3.15. The largest absolute Gasteiger partial charge is 0.391 e. The van der Waals surface area contributed by atoms with Gasteiger partial charge >= 0.3 is 6.18 Å². The fourth-order valence-electron chi connectivity index (χ4n) is 1.28. The van der Waals surface area contributed by atoms with Crippen LogP contribution in [0.5, 0.6) is 0 Å². The number of rotatable bonds is 8. The molecule has 0 spiro atoms. The van der Waals surface area contributed by atoms with E-state index in [1.54, 1.807) is 0 Å². The molecule has 0 saturated carbocycles. The first-order valence-electron chi connectivity index (χ1n) is 5.17. The maximum atomic E-state index is 12.0. The first-order valence-corrected chi connectivity index (χ1v) is 5.17. The minimum Gasteiger partial charge on any atom is -0.382 e. The van der Waals surface area contributed by atoms with Crippen LogP contribution in [0.2, 0.25) is 0 Å². The fourth-order valence-corrected chi connectivity index (χ4v) is 1.28. The number of methoxy groups -OCH3 is 1. The van der Waals surface area contributed by atoms with Gasteiger partial charge in [-0.05, 0) is 26.2 Å². The maximum absolute atomic E-state index is 12.0. The van der Waals surface area contributed by atoms with Gasteiger partial charge in [0.25, 0.3) is 0 Å². The predicted molar refractivity (Wildman–Crippen MR) is 51.8 cm³/mol. The quantitative estimate of drug-likeness (QED) is 0.594. The highest BCUT2D eigenvalue weighted by Crippen LogP contribution is 2.24. The molecule has 2 nitrogen and oxygen atoms in total. The van der Waals surface area contributed by atoms with Gasteiger partial charge in [-0.25, -0.2) is 0 Å². The lowest BCUT2D eigenvalue weighted by atomic mass is 10.1. The molecule has 92 valence electrons. The molecule has 1 unspecified atom stereocenters. The Hall–Kier alpha value is -0.290. The van der Waals surface area contributed by atoms with E-state index in [2.05, 4.69) is 0 Å². The highest BCUT2D eigenvalue weighted by atomic mass is 19.4. The smallest absolute Gasteiger partial charge is 0.382 e. The van der Waals surface area contributed by atoms with Gasteiger partial charge in [0.2, 0.25) is 0 Å². The zero-order valence-electron chi connectivity index (χ0n) is 9.27. The number of hydrogen-bond donors (Lipinski definition) is 0. The van der Waals surface area contributed by atoms with E-state index in [-0.39, 0.29) is 0 Å². The van der Waals surface area contributed by atoms with E-state index in [9.17, 15) is 13.2 Å². The number of alkyl halides is 3. The fraction of sp³-hybridized carbons (Fsp3) is 1.00. The van der Waals surface area contributed by atoms with Crippen molar-refractivity contribution in [3.63, 3.8) is 0 Å². The minimum absolute atomic E-state index is 0.434. The van der Waals surface area contributed by atoms with Crippen LogP contribution in [0, 0.1) is 0 Å². The molecule has 0 fully saturated rings. The first-order chi connectivity index (χ1) is 6.99. The average molecular weight is 228 g/mol. The normalized spacial score (nSPS) is 14.2. The number of ether oxygens (including phenoxy) is 2. The van der Waals surface area contributed by atoms with Crippen LogP contribution in [0.25, 0.3) is 0 Å². The standard InChI is InChI=1S/C10H19F3O2/c1-3-15-7-5-4-6-9(14-2)8-10(11,12)13/h9H,3-8H2,1-2H3. The Morgan fingerprint density at radius 1 is 1.20 bits per heavy atom. The van der Waals surface area contributed by atoms with Crippen LogP contribution in [-0.2, 0) is 9.47 Å². The summed E-state index contributed by atoms with van der Waals surface area (Å²) in [6, 6.07) is 0. The zero-order chi connectivity index (χ0) is 11.7. The summed E-state index contributed by atoms with van der Waals surface area (Å²) in [4.78, 5) is 0. The zero-order valence-corrected chi connectivity index (χ0v) is 9.27. The SMILES string of the molecule is CCOCCCCC(CC(F)(F)F)OC. The topological polar surface area (TPSA) is 18.5 Å². The third kappa shape index (κ3) is 10.0. The predicted octanol–water partition coefficient (Wildman–Crippen LogP) is 3.16. The van der Waals surface area contributed by atoms with Crippen molar-refractivity contribution in [3.05, 3.63) is 0 Å². The van der Waals surface area contributed by atoms with Crippen LogP contribution in [0.15, 0.2) is 0 Å². The summed E-state index contributed by atoms with van der Waals surface area (Å²) < 4.78 is 45.9. The van der Waals surface area contributed by atoms with Crippen molar-refractivity contribution in [2.75, 3.05) is 20.3 Å². The van der Waals surface area contributed by atoms with Crippen molar-refractivity contribution in [2.24, 2.45) is 0 Å². The van der Waals surface area contributed by atoms with Crippen molar-refractivity contribution in [2.45, 2.75) is 44.9 Å². The number of halogens is 3. The van der Waals surface area contributed by atoms with Gasteiger partial charge in [0.1, 0.15) is 0 Å². The number of unbranched alkanes of at least 4 members (excludes halogenated alkanes) is 1. The van der Waals surface area contributed by atoms with Crippen molar-refractivity contribution in [1.82, 2.24) is 0 Å². The van der Waals surface area contributed by atoms with E-state index in [1.165, 1.54) is 7.11 Å². The Bertz CT molecular complexity index is 148. The third-order valence-corrected chi connectivity index (χ3v) is 2.06. The summed E-state index contributed by atoms with van der Waals surface area (Å²) in [6.07, 6.45) is -3.80. The second-order valence-corrected chi connectivity index (χ2v) is 3.37. The molecule has 0 amide bonds. The Morgan fingerprint density at radius 2 is 1.87 bits per heavy atom. The lowest BCUT2D eigenvalue weighted by Gasteiger charge is -2.16. The van der Waals surface area contributed by atoms with E-state index in [1.807, 2.05) is 6.92 Å². The molecule has 0 aromatic rings. The van der Waals surface area contributed by atoms with E-state index in [0.29, 0.717) is 26.1 Å². The molecule has 5 heteroatoms. The molecule has 0 aromatic heterocycles. The molecule has 0 aliphatic rings. The van der Waals surface area contributed by atoms with E-state index in [0.717, 1.165) is 6.42 Å². The average Bonchev–Trinajstić information content (AvgIpc) is 2.14. The van der Waals surface area contributed by atoms with Gasteiger partial charge in [0.15, 0.2) is 0 Å². The van der Waals surface area contributed by atoms with E-state index < -0.39 is 18.7 Å². The number of hydrogen-bond acceptors (Lipinski definition) is 2. The summed E-state index contributed by atoms with van der Waals surface area (Å²) in [5.74, 6) is 0. The van der Waals surface area contributed by atoms with Crippen LogP contribution in [0.1, 0.15) is 32.6 Å². The van der Waals surface area contributed by atoms with Crippen LogP contribution in [0.3, 0.4) is 0 Å². The second kappa shape index (κ2) is 7.93. The summed E-state index contributed by atoms with van der Waals surface area (Å²) in [7, 11) is 1.32. The molecule has 15 heavy (non-hydrogen) atoms. The van der Waals surface area contributed by atoms with Gasteiger partial charge < -0.3 is 9.47 Å². The molecular formula is C10H19F3O2. The lowest BCUT2D eigenvalue weighted by molar-refractivity contribution is -0.158. The van der Waals surface area contributed by atoms with E-state index in [4.69, 9.17) is 9.47 Å². The van der Waals surface area contributed by atoms with Gasteiger partial charge in [-0.1, -0.05) is 0 Å². The molecule has 1 atom stereocenters. The van der Waals surface area contributed by atoms with Crippen LogP contribution in [-0.4, -0.2) is 32.6 Å². The van der Waals surface area contributed by atoms with Crippen molar-refractivity contribution in [3.8, 4) is 0 Å². The van der Waals surface area contributed by atoms with Crippen molar-refractivity contribution in [1.29, 1.82) is 0 Å². The van der Waals surface area contributed by atoms with Gasteiger partial charge in [0, 0.05) is 20.3 Å². The molecule has 0 saturated heterocycles. The van der Waals surface area contributed by atoms with Crippen LogP contribution in [0.4, 0.5) is 13.2 Å². The van der Waals surface area contributed by atoms with Crippen molar-refractivity contribution < 1.29 is 22.6 Å². The van der Waals surface area contributed by atoms with Gasteiger partial charge in [-0.15, -0.1) is 0 Å². The molecule has 0 bridgehead atoms. The first kappa shape index (κ1) is 14.7. The Morgan fingerprint density at radius 3 is 2.33 bits per heavy atom. The van der Waals surface area contributed by atoms with Crippen LogP contribution >= 0.6 is 0 Å². The minimum atomic E-state index is -4.14. The molecule has 0 aliphatic heterocycles. The summed E-state index contributed by atoms with van der Waals surface area (Å²) in [5.41, 5.74) is 0. The Balaban J connectivity index is 3.53. The monoisotopic (exact) mass is 228 g/mol. The highest BCUT2D eigenvalue weighted by Gasteiger charge is 2.31. The van der Waals surface area contributed by atoms with Gasteiger partial charge in [-0.3, -0.25) is 0 Å². The molecule has 0 rings (SSSR count). The van der Waals surface area contributed by atoms with Gasteiger partial charge in [0.05, 0.1) is 12.5 Å². The lowest BCUT2D eigenvalue weighted by Crippen LogP contribution is -2.21.